The lowest BCUT2D eigenvalue weighted by Crippen LogP contribution is -2.23. The summed E-state index contributed by atoms with van der Waals surface area (Å²) in [4.78, 5) is 22.7. The Morgan fingerprint density at radius 1 is 1.09 bits per heavy atom. The van der Waals surface area contributed by atoms with E-state index in [9.17, 15) is 9.18 Å². The lowest BCUT2D eigenvalue weighted by Gasteiger charge is -2.00. The summed E-state index contributed by atoms with van der Waals surface area (Å²) in [5.74, 6) is 0.0921. The highest BCUT2D eigenvalue weighted by atomic mass is 19.1. The average molecular weight is 308 g/mol. The third kappa shape index (κ3) is 2.55. The van der Waals surface area contributed by atoms with E-state index in [4.69, 9.17) is 0 Å². The molecule has 0 spiro atoms. The first-order valence-corrected chi connectivity index (χ1v) is 7.19. The Balaban J connectivity index is 1.52. The summed E-state index contributed by atoms with van der Waals surface area (Å²) in [7, 11) is 0. The molecule has 0 radical (unpaired) electrons. The minimum absolute atomic E-state index is 0.262. The van der Waals surface area contributed by atoms with Gasteiger partial charge in [0.1, 0.15) is 17.3 Å². The van der Waals surface area contributed by atoms with Crippen LogP contribution in [0.4, 0.5) is 4.39 Å². The predicted octanol–water partition coefficient (Wildman–Crippen LogP) is 3.11. The fourth-order valence-electron chi connectivity index (χ4n) is 2.57. The van der Waals surface area contributed by atoms with E-state index in [1.54, 1.807) is 12.1 Å². The molecule has 2 heterocycles. The van der Waals surface area contributed by atoms with Gasteiger partial charge in [0.2, 0.25) is 0 Å². The van der Waals surface area contributed by atoms with Crippen LogP contribution in [0.25, 0.3) is 21.9 Å². The number of carbonyl (C=O) groups is 1. The molecule has 0 atom stereocenters. The Morgan fingerprint density at radius 2 is 1.96 bits per heavy atom. The lowest BCUT2D eigenvalue weighted by molar-refractivity contribution is 0.0946. The van der Waals surface area contributed by atoms with Gasteiger partial charge in [-0.05, 0) is 36.4 Å². The highest BCUT2D eigenvalue weighted by molar-refractivity contribution is 5.98. The molecule has 0 saturated heterocycles. The zero-order valence-electron chi connectivity index (χ0n) is 12.1. The van der Waals surface area contributed by atoms with Crippen LogP contribution < -0.4 is 5.32 Å². The van der Waals surface area contributed by atoms with Gasteiger partial charge in [-0.2, -0.15) is 0 Å². The molecule has 0 unspecified atom stereocenters. The lowest BCUT2D eigenvalue weighted by atomic mass is 10.2. The van der Waals surface area contributed by atoms with Crippen molar-refractivity contribution in [1.82, 2.24) is 20.3 Å². The highest BCUT2D eigenvalue weighted by Gasteiger charge is 2.11. The number of hydrogen-bond donors (Lipinski definition) is 3. The van der Waals surface area contributed by atoms with Crippen LogP contribution in [-0.2, 0) is 6.54 Å². The van der Waals surface area contributed by atoms with Crippen molar-refractivity contribution in [3.63, 3.8) is 0 Å². The molecule has 3 N–H and O–H groups in total. The number of halogens is 1. The van der Waals surface area contributed by atoms with Crippen molar-refractivity contribution in [1.29, 1.82) is 0 Å². The minimum atomic E-state index is -0.328. The zero-order chi connectivity index (χ0) is 15.8. The number of para-hydroxylation sites is 2. The third-order valence-corrected chi connectivity index (χ3v) is 3.68. The SMILES string of the molecule is O=C(NCc1nc2ccccc2[nH]1)c1cc2cc(F)ccc2[nH]1. The second-order valence-corrected chi connectivity index (χ2v) is 5.30. The summed E-state index contributed by atoms with van der Waals surface area (Å²) < 4.78 is 13.2. The number of nitrogens with zero attached hydrogens (tertiary/aromatic N) is 1. The first-order valence-electron chi connectivity index (χ1n) is 7.19. The molecule has 4 rings (SSSR count). The van der Waals surface area contributed by atoms with Gasteiger partial charge in [0, 0.05) is 10.9 Å². The standard InChI is InChI=1S/C17H13FN4O/c18-11-5-6-12-10(7-11)8-15(20-12)17(23)19-9-16-21-13-3-1-2-4-14(13)22-16/h1-8,20H,9H2,(H,19,23)(H,21,22). The molecule has 6 heteroatoms. The molecule has 0 aliphatic heterocycles. The van der Waals surface area contributed by atoms with Gasteiger partial charge in [0.05, 0.1) is 17.6 Å². The van der Waals surface area contributed by atoms with Crippen molar-refractivity contribution in [3.8, 4) is 0 Å². The predicted molar refractivity (Wildman–Crippen MR) is 85.5 cm³/mol. The second kappa shape index (κ2) is 5.24. The third-order valence-electron chi connectivity index (χ3n) is 3.68. The molecular weight excluding hydrogens is 295 g/mol. The molecule has 114 valence electrons. The zero-order valence-corrected chi connectivity index (χ0v) is 12.1. The van der Waals surface area contributed by atoms with E-state index in [-0.39, 0.29) is 18.3 Å². The molecule has 0 bridgehead atoms. The number of amides is 1. The topological polar surface area (TPSA) is 73.6 Å². The summed E-state index contributed by atoms with van der Waals surface area (Å²) in [5.41, 5.74) is 2.90. The maximum atomic E-state index is 13.2. The van der Waals surface area contributed by atoms with Crippen molar-refractivity contribution in [2.24, 2.45) is 0 Å². The average Bonchev–Trinajstić information content (AvgIpc) is 3.15. The number of fused-ring (bicyclic) bond motifs is 2. The maximum Gasteiger partial charge on any atom is 0.268 e. The summed E-state index contributed by atoms with van der Waals surface area (Å²) in [6, 6.07) is 13.7. The maximum absolute atomic E-state index is 13.2. The van der Waals surface area contributed by atoms with Gasteiger partial charge in [-0.1, -0.05) is 12.1 Å². The van der Waals surface area contributed by atoms with Crippen LogP contribution in [0.3, 0.4) is 0 Å². The molecule has 5 nitrogen and oxygen atoms in total. The number of H-pyrrole nitrogens is 2. The molecule has 4 aromatic rings. The molecule has 1 amide bonds. The van der Waals surface area contributed by atoms with E-state index in [2.05, 4.69) is 20.3 Å². The second-order valence-electron chi connectivity index (χ2n) is 5.30. The van der Waals surface area contributed by atoms with Crippen LogP contribution in [0.2, 0.25) is 0 Å². The monoisotopic (exact) mass is 308 g/mol. The summed E-state index contributed by atoms with van der Waals surface area (Å²) >= 11 is 0. The van der Waals surface area contributed by atoms with Gasteiger partial charge in [0.25, 0.3) is 5.91 Å². The number of benzene rings is 2. The minimum Gasteiger partial charge on any atom is -0.351 e. The molecule has 0 aliphatic rings. The highest BCUT2D eigenvalue weighted by Crippen LogP contribution is 2.16. The number of imidazole rings is 1. The van der Waals surface area contributed by atoms with Crippen molar-refractivity contribution < 1.29 is 9.18 Å². The van der Waals surface area contributed by atoms with E-state index in [0.717, 1.165) is 16.6 Å². The van der Waals surface area contributed by atoms with Gasteiger partial charge >= 0.3 is 0 Å². The van der Waals surface area contributed by atoms with Crippen LogP contribution in [0.1, 0.15) is 16.3 Å². The number of carbonyl (C=O) groups excluding carboxylic acids is 1. The first-order chi connectivity index (χ1) is 11.2. The van der Waals surface area contributed by atoms with Gasteiger partial charge in [0.15, 0.2) is 0 Å². The smallest absolute Gasteiger partial charge is 0.268 e. The first kappa shape index (κ1) is 13.5. The van der Waals surface area contributed by atoms with Gasteiger partial charge < -0.3 is 15.3 Å². The number of nitrogens with one attached hydrogen (secondary N) is 3. The summed E-state index contributed by atoms with van der Waals surface area (Å²) in [6.07, 6.45) is 0. The van der Waals surface area contributed by atoms with Crippen LogP contribution in [0.5, 0.6) is 0 Å². The number of hydrogen-bond acceptors (Lipinski definition) is 2. The molecule has 2 aromatic heterocycles. The summed E-state index contributed by atoms with van der Waals surface area (Å²) in [5, 5.41) is 3.46. The molecular formula is C17H13FN4O. The van der Waals surface area contributed by atoms with E-state index >= 15 is 0 Å². The van der Waals surface area contributed by atoms with Crippen molar-refractivity contribution in [2.45, 2.75) is 6.54 Å². The Kier molecular flexibility index (Phi) is 3.08. The van der Waals surface area contributed by atoms with Crippen molar-refractivity contribution >= 4 is 27.8 Å². The number of aromatic amines is 2. The fourth-order valence-corrected chi connectivity index (χ4v) is 2.57. The van der Waals surface area contributed by atoms with E-state index < -0.39 is 0 Å². The largest absolute Gasteiger partial charge is 0.351 e. The van der Waals surface area contributed by atoms with Crippen molar-refractivity contribution in [2.75, 3.05) is 0 Å². The quantitative estimate of drug-likeness (QED) is 0.544. The molecule has 0 aliphatic carbocycles. The molecule has 23 heavy (non-hydrogen) atoms. The van der Waals surface area contributed by atoms with Gasteiger partial charge in [-0.25, -0.2) is 9.37 Å². The Morgan fingerprint density at radius 3 is 2.83 bits per heavy atom. The Hall–Kier alpha value is -3.15. The van der Waals surface area contributed by atoms with Gasteiger partial charge in [-0.15, -0.1) is 0 Å². The number of aromatic nitrogens is 3. The van der Waals surface area contributed by atoms with Crippen LogP contribution in [-0.4, -0.2) is 20.9 Å². The van der Waals surface area contributed by atoms with E-state index in [1.165, 1.54) is 12.1 Å². The van der Waals surface area contributed by atoms with E-state index in [1.807, 2.05) is 24.3 Å². The van der Waals surface area contributed by atoms with E-state index in [0.29, 0.717) is 16.9 Å². The summed E-state index contributed by atoms with van der Waals surface area (Å²) in [6.45, 7) is 0.289. The van der Waals surface area contributed by atoms with Crippen molar-refractivity contribution in [3.05, 3.63) is 65.9 Å². The number of rotatable bonds is 3. The molecule has 2 aromatic carbocycles. The van der Waals surface area contributed by atoms with Crippen LogP contribution in [0, 0.1) is 5.82 Å². The Bertz CT molecular complexity index is 985. The molecule has 0 saturated carbocycles. The van der Waals surface area contributed by atoms with Crippen LogP contribution >= 0.6 is 0 Å². The van der Waals surface area contributed by atoms with Gasteiger partial charge in [-0.3, -0.25) is 4.79 Å². The van der Waals surface area contributed by atoms with Crippen LogP contribution in [0.15, 0.2) is 48.5 Å². The molecule has 0 fully saturated rings. The fraction of sp³-hybridized carbons (Fsp3) is 0.0588. The Labute approximate surface area is 130 Å². The normalized spacial score (nSPS) is 11.2.